The second kappa shape index (κ2) is 12.6. The van der Waals surface area contributed by atoms with E-state index in [-0.39, 0.29) is 18.0 Å². The quantitative estimate of drug-likeness (QED) is 0.549. The highest BCUT2D eigenvalue weighted by Crippen LogP contribution is 2.26. The molecule has 0 N–H and O–H groups in total. The summed E-state index contributed by atoms with van der Waals surface area (Å²) in [4.78, 5) is 0. The molecule has 0 aliphatic carbocycles. The zero-order valence-electron chi connectivity index (χ0n) is 17.2. The molecule has 0 fully saturated rings. The van der Waals surface area contributed by atoms with Crippen LogP contribution in [-0.2, 0) is 0 Å². The minimum absolute atomic E-state index is 0.0891. The van der Waals surface area contributed by atoms with Crippen molar-refractivity contribution in [3.05, 3.63) is 58.4 Å². The van der Waals surface area contributed by atoms with E-state index < -0.39 is 0 Å². The molecule has 0 saturated carbocycles. The maximum atomic E-state index is 12.8. The molecule has 0 atom stereocenters. The number of benzene rings is 2. The van der Waals surface area contributed by atoms with Gasteiger partial charge in [0.05, 0.1) is 17.2 Å². The first kappa shape index (κ1) is 24.3. The molecule has 0 radical (unpaired) electrons. The molecular formula is C22H32ClFO2. The molecule has 0 saturated heterocycles. The summed E-state index contributed by atoms with van der Waals surface area (Å²) >= 11 is 5.92. The van der Waals surface area contributed by atoms with Gasteiger partial charge in [-0.25, -0.2) is 4.39 Å². The van der Waals surface area contributed by atoms with Gasteiger partial charge in [0, 0.05) is 6.07 Å². The smallest absolute Gasteiger partial charge is 0.138 e. The standard InChI is InChI=1S/C10H13ClO.C10H13FO.C2H6/c1-7(2)12-10-6-8(3)4-5-9(10)11;1-7(2)12-10-5-8(3)4-9(11)6-10;1-2/h2*4-7H,1-3H3;1-2H3. The third kappa shape index (κ3) is 10.3. The van der Waals surface area contributed by atoms with Gasteiger partial charge in [0.15, 0.2) is 0 Å². The van der Waals surface area contributed by atoms with Crippen LogP contribution in [0.5, 0.6) is 11.5 Å². The van der Waals surface area contributed by atoms with Gasteiger partial charge in [-0.15, -0.1) is 0 Å². The van der Waals surface area contributed by atoms with Gasteiger partial charge in [0.1, 0.15) is 17.3 Å². The zero-order chi connectivity index (χ0) is 20.3. The molecule has 146 valence electrons. The average molecular weight is 383 g/mol. The molecule has 2 nitrogen and oxygen atoms in total. The van der Waals surface area contributed by atoms with Gasteiger partial charge < -0.3 is 9.47 Å². The molecule has 0 aliphatic rings. The van der Waals surface area contributed by atoms with Crippen molar-refractivity contribution in [3.8, 4) is 11.5 Å². The van der Waals surface area contributed by atoms with E-state index in [0.29, 0.717) is 10.8 Å². The van der Waals surface area contributed by atoms with E-state index in [9.17, 15) is 4.39 Å². The maximum Gasteiger partial charge on any atom is 0.138 e. The number of rotatable bonds is 4. The Morgan fingerprint density at radius 1 is 0.808 bits per heavy atom. The lowest BCUT2D eigenvalue weighted by Gasteiger charge is -2.11. The van der Waals surface area contributed by atoms with E-state index in [4.69, 9.17) is 21.1 Å². The molecule has 0 heterocycles. The molecule has 26 heavy (non-hydrogen) atoms. The van der Waals surface area contributed by atoms with E-state index >= 15 is 0 Å². The lowest BCUT2D eigenvalue weighted by molar-refractivity contribution is 0.241. The number of hydrogen-bond donors (Lipinski definition) is 0. The van der Waals surface area contributed by atoms with Crippen molar-refractivity contribution in [3.63, 3.8) is 0 Å². The molecule has 0 unspecified atom stereocenters. The molecule has 2 aromatic rings. The largest absolute Gasteiger partial charge is 0.491 e. The normalized spacial score (nSPS) is 9.85. The van der Waals surface area contributed by atoms with E-state index in [1.807, 2.05) is 79.7 Å². The SMILES string of the molecule is CC.Cc1cc(F)cc(OC(C)C)c1.Cc1ccc(Cl)c(OC(C)C)c1. The fourth-order valence-electron chi connectivity index (χ4n) is 2.00. The van der Waals surface area contributed by atoms with Gasteiger partial charge in [-0.05, 0) is 76.9 Å². The third-order valence-electron chi connectivity index (χ3n) is 2.84. The van der Waals surface area contributed by atoms with Crippen LogP contribution < -0.4 is 9.47 Å². The van der Waals surface area contributed by atoms with Crippen molar-refractivity contribution in [1.82, 2.24) is 0 Å². The zero-order valence-corrected chi connectivity index (χ0v) is 17.9. The molecule has 0 spiro atoms. The summed E-state index contributed by atoms with van der Waals surface area (Å²) in [6.45, 7) is 15.7. The Hall–Kier alpha value is -1.74. The van der Waals surface area contributed by atoms with Crippen LogP contribution in [0.15, 0.2) is 36.4 Å². The van der Waals surface area contributed by atoms with Crippen molar-refractivity contribution in [2.24, 2.45) is 0 Å². The fourth-order valence-corrected chi connectivity index (χ4v) is 2.16. The summed E-state index contributed by atoms with van der Waals surface area (Å²) in [6, 6.07) is 10.5. The number of aryl methyl sites for hydroxylation is 2. The maximum absolute atomic E-state index is 12.8. The molecule has 2 rings (SSSR count). The molecule has 2 aromatic carbocycles. The van der Waals surface area contributed by atoms with Crippen LogP contribution in [0.2, 0.25) is 5.02 Å². The van der Waals surface area contributed by atoms with Crippen LogP contribution in [-0.4, -0.2) is 12.2 Å². The van der Waals surface area contributed by atoms with Crippen molar-refractivity contribution in [1.29, 1.82) is 0 Å². The Kier molecular flexibility index (Phi) is 11.7. The highest BCUT2D eigenvalue weighted by molar-refractivity contribution is 6.32. The second-order valence-corrected chi connectivity index (χ2v) is 6.64. The molecule has 4 heteroatoms. The van der Waals surface area contributed by atoms with Crippen LogP contribution in [0, 0.1) is 19.7 Å². The average Bonchev–Trinajstić information content (AvgIpc) is 2.51. The lowest BCUT2D eigenvalue weighted by atomic mass is 10.2. The number of hydrogen-bond acceptors (Lipinski definition) is 2. The molecule has 0 aliphatic heterocycles. The first-order valence-corrected chi connectivity index (χ1v) is 9.42. The first-order chi connectivity index (χ1) is 12.2. The van der Waals surface area contributed by atoms with Gasteiger partial charge in [-0.2, -0.15) is 0 Å². The second-order valence-electron chi connectivity index (χ2n) is 6.23. The Bertz CT molecular complexity index is 634. The first-order valence-electron chi connectivity index (χ1n) is 9.04. The molecule has 0 aromatic heterocycles. The van der Waals surface area contributed by atoms with Crippen LogP contribution in [0.1, 0.15) is 52.7 Å². The van der Waals surface area contributed by atoms with E-state index in [0.717, 1.165) is 16.9 Å². The van der Waals surface area contributed by atoms with Crippen LogP contribution in [0.4, 0.5) is 4.39 Å². The van der Waals surface area contributed by atoms with Gasteiger partial charge in [0.25, 0.3) is 0 Å². The summed E-state index contributed by atoms with van der Waals surface area (Å²) in [5.74, 6) is 1.12. The summed E-state index contributed by atoms with van der Waals surface area (Å²) in [5.41, 5.74) is 2.04. The molecular weight excluding hydrogens is 351 g/mol. The van der Waals surface area contributed by atoms with Crippen molar-refractivity contribution >= 4 is 11.6 Å². The molecule has 0 bridgehead atoms. The van der Waals surface area contributed by atoms with Crippen molar-refractivity contribution in [2.75, 3.05) is 0 Å². The lowest BCUT2D eigenvalue weighted by Crippen LogP contribution is -2.05. The van der Waals surface area contributed by atoms with Gasteiger partial charge in [0.2, 0.25) is 0 Å². The minimum Gasteiger partial charge on any atom is -0.491 e. The Morgan fingerprint density at radius 2 is 1.38 bits per heavy atom. The van der Waals surface area contributed by atoms with E-state index in [1.165, 1.54) is 12.1 Å². The summed E-state index contributed by atoms with van der Waals surface area (Å²) < 4.78 is 23.6. The van der Waals surface area contributed by atoms with Crippen molar-refractivity contribution < 1.29 is 13.9 Å². The van der Waals surface area contributed by atoms with Gasteiger partial charge >= 0.3 is 0 Å². The Balaban J connectivity index is 0.000000439. The molecule has 0 amide bonds. The predicted octanol–water partition coefficient (Wildman–Crippen LogP) is 7.38. The summed E-state index contributed by atoms with van der Waals surface area (Å²) in [5, 5.41) is 0.675. The summed E-state index contributed by atoms with van der Waals surface area (Å²) in [6.07, 6.45) is 0.260. The Morgan fingerprint density at radius 3 is 1.88 bits per heavy atom. The van der Waals surface area contributed by atoms with Crippen molar-refractivity contribution in [2.45, 2.75) is 67.6 Å². The van der Waals surface area contributed by atoms with Crippen LogP contribution >= 0.6 is 11.6 Å². The van der Waals surface area contributed by atoms with E-state index in [2.05, 4.69) is 0 Å². The predicted molar refractivity (Wildman–Crippen MR) is 110 cm³/mol. The number of ether oxygens (including phenoxy) is 2. The summed E-state index contributed by atoms with van der Waals surface area (Å²) in [7, 11) is 0. The highest BCUT2D eigenvalue weighted by Gasteiger charge is 2.03. The third-order valence-corrected chi connectivity index (χ3v) is 3.15. The fraction of sp³-hybridized carbons (Fsp3) is 0.455. The van der Waals surface area contributed by atoms with E-state index in [1.54, 1.807) is 0 Å². The highest BCUT2D eigenvalue weighted by atomic mass is 35.5. The van der Waals surface area contributed by atoms with Crippen LogP contribution in [0.3, 0.4) is 0 Å². The Labute approximate surface area is 163 Å². The van der Waals surface area contributed by atoms with Gasteiger partial charge in [-0.3, -0.25) is 0 Å². The topological polar surface area (TPSA) is 18.5 Å². The van der Waals surface area contributed by atoms with Crippen LogP contribution in [0.25, 0.3) is 0 Å². The minimum atomic E-state index is -0.245. The van der Waals surface area contributed by atoms with Gasteiger partial charge in [-0.1, -0.05) is 31.5 Å². The number of halogens is 2. The monoisotopic (exact) mass is 382 g/mol.